The number of phenols is 2. The summed E-state index contributed by atoms with van der Waals surface area (Å²) in [5.41, 5.74) is -1.11. The molecule has 1 aromatic carbocycles. The third-order valence-electron chi connectivity index (χ3n) is 2.78. The van der Waals surface area contributed by atoms with E-state index in [1.54, 1.807) is 6.07 Å². The number of hydrogen-bond acceptors (Lipinski definition) is 8. The molecular formula is C14H8N4O5. The number of allylic oxidation sites excluding steroid dienone is 1. The zero-order chi connectivity index (χ0) is 17.0. The minimum absolute atomic E-state index is 0.00551. The van der Waals surface area contributed by atoms with Crippen molar-refractivity contribution in [3.63, 3.8) is 0 Å². The molecule has 0 saturated carbocycles. The van der Waals surface area contributed by atoms with Gasteiger partial charge in [-0.25, -0.2) is 9.97 Å². The highest BCUT2D eigenvalue weighted by molar-refractivity contribution is 6.12. The Bertz CT molecular complexity index is 855. The summed E-state index contributed by atoms with van der Waals surface area (Å²) < 4.78 is 0. The van der Waals surface area contributed by atoms with Crippen molar-refractivity contribution in [1.82, 2.24) is 9.97 Å². The molecule has 9 nitrogen and oxygen atoms in total. The monoisotopic (exact) mass is 312 g/mol. The van der Waals surface area contributed by atoms with Gasteiger partial charge in [-0.05, 0) is 23.8 Å². The summed E-state index contributed by atoms with van der Waals surface area (Å²) in [6, 6.07) is 4.90. The van der Waals surface area contributed by atoms with Gasteiger partial charge in [0.05, 0.1) is 4.92 Å². The molecule has 2 aromatic rings. The highest BCUT2D eigenvalue weighted by Gasteiger charge is 2.20. The number of nitriles is 1. The number of phenolic OH excluding ortho intramolecular Hbond substituents is 2. The minimum Gasteiger partial charge on any atom is -0.504 e. The summed E-state index contributed by atoms with van der Waals surface area (Å²) in [4.78, 5) is 29.4. The number of ketones is 1. The largest absolute Gasteiger partial charge is 0.504 e. The van der Waals surface area contributed by atoms with Gasteiger partial charge in [0.25, 0.3) is 0 Å². The van der Waals surface area contributed by atoms with Gasteiger partial charge in [0.1, 0.15) is 23.7 Å². The molecule has 1 heterocycles. The molecule has 2 N–H and O–H groups in total. The summed E-state index contributed by atoms with van der Waals surface area (Å²) in [6.45, 7) is 0. The average Bonchev–Trinajstić information content (AvgIpc) is 2.55. The Morgan fingerprint density at radius 2 is 2.13 bits per heavy atom. The smallest absolute Gasteiger partial charge is 0.315 e. The molecular weight excluding hydrogens is 304 g/mol. The summed E-state index contributed by atoms with van der Waals surface area (Å²) in [5.74, 6) is -2.34. The highest BCUT2D eigenvalue weighted by Crippen LogP contribution is 2.36. The number of aromatic hydroxyl groups is 2. The van der Waals surface area contributed by atoms with Crippen LogP contribution in [-0.4, -0.2) is 30.9 Å². The molecule has 0 radical (unpaired) electrons. The van der Waals surface area contributed by atoms with Crippen molar-refractivity contribution in [2.75, 3.05) is 0 Å². The second-order valence-electron chi connectivity index (χ2n) is 4.26. The predicted molar refractivity (Wildman–Crippen MR) is 76.4 cm³/mol. The molecule has 0 spiro atoms. The van der Waals surface area contributed by atoms with Crippen LogP contribution in [0.4, 0.5) is 5.69 Å². The summed E-state index contributed by atoms with van der Waals surface area (Å²) in [6.07, 6.45) is 3.52. The zero-order valence-corrected chi connectivity index (χ0v) is 11.4. The maximum atomic E-state index is 12.1. The second-order valence-corrected chi connectivity index (χ2v) is 4.26. The van der Waals surface area contributed by atoms with Gasteiger partial charge in [0.2, 0.25) is 11.5 Å². The van der Waals surface area contributed by atoms with Crippen LogP contribution in [-0.2, 0) is 0 Å². The van der Waals surface area contributed by atoms with Crippen LogP contribution in [0.3, 0.4) is 0 Å². The molecule has 0 aliphatic heterocycles. The molecule has 0 atom stereocenters. The van der Waals surface area contributed by atoms with Crippen LogP contribution in [0.25, 0.3) is 6.08 Å². The molecule has 9 heteroatoms. The van der Waals surface area contributed by atoms with E-state index in [0.717, 1.165) is 24.5 Å². The standard InChI is InChI=1S/C14H8N4O5/c15-6-9(13(20)10-1-2-16-7-17-10)3-8-4-11(18(22)23)14(21)12(19)5-8/h1-5,7,19,21H/b9-3+. The SMILES string of the molecule is N#C/C(=C\c1cc(O)c(O)c([N+](=O)[O-])c1)C(=O)c1ccncn1. The molecule has 1 aromatic heterocycles. The third-order valence-corrected chi connectivity index (χ3v) is 2.78. The first-order chi connectivity index (χ1) is 10.9. The first kappa shape index (κ1) is 15.6. The van der Waals surface area contributed by atoms with E-state index in [1.807, 2.05) is 0 Å². The van der Waals surface area contributed by atoms with Crippen LogP contribution in [0.5, 0.6) is 11.5 Å². The predicted octanol–water partition coefficient (Wildman–Crippen LogP) is 1.59. The van der Waals surface area contributed by atoms with Crippen molar-refractivity contribution in [2.24, 2.45) is 0 Å². The topological polar surface area (TPSA) is 150 Å². The van der Waals surface area contributed by atoms with Gasteiger partial charge in [-0.2, -0.15) is 5.26 Å². The molecule has 0 fully saturated rings. The number of rotatable bonds is 4. The van der Waals surface area contributed by atoms with E-state index in [9.17, 15) is 25.1 Å². The molecule has 23 heavy (non-hydrogen) atoms. The summed E-state index contributed by atoms with van der Waals surface area (Å²) in [7, 11) is 0. The lowest BCUT2D eigenvalue weighted by atomic mass is 10.0. The Labute approximate surface area is 128 Å². The number of benzene rings is 1. The van der Waals surface area contributed by atoms with E-state index in [0.29, 0.717) is 0 Å². The first-order valence-corrected chi connectivity index (χ1v) is 6.07. The van der Waals surface area contributed by atoms with Crippen molar-refractivity contribution in [2.45, 2.75) is 0 Å². The van der Waals surface area contributed by atoms with Crippen LogP contribution in [0, 0.1) is 21.4 Å². The fourth-order valence-corrected chi connectivity index (χ4v) is 1.73. The van der Waals surface area contributed by atoms with Gasteiger partial charge in [0.15, 0.2) is 5.75 Å². The molecule has 114 valence electrons. The van der Waals surface area contributed by atoms with E-state index in [2.05, 4.69) is 9.97 Å². The van der Waals surface area contributed by atoms with Crippen molar-refractivity contribution in [3.8, 4) is 17.6 Å². The lowest BCUT2D eigenvalue weighted by Gasteiger charge is -2.02. The van der Waals surface area contributed by atoms with Crippen molar-refractivity contribution in [1.29, 1.82) is 5.26 Å². The van der Waals surface area contributed by atoms with E-state index in [4.69, 9.17) is 5.26 Å². The van der Waals surface area contributed by atoms with Crippen LogP contribution < -0.4 is 0 Å². The maximum absolute atomic E-state index is 12.1. The zero-order valence-electron chi connectivity index (χ0n) is 11.4. The van der Waals surface area contributed by atoms with E-state index >= 15 is 0 Å². The summed E-state index contributed by atoms with van der Waals surface area (Å²) >= 11 is 0. The number of carbonyl (C=O) groups is 1. The number of nitrogens with zero attached hydrogens (tertiary/aromatic N) is 4. The number of carbonyl (C=O) groups excluding carboxylic acids is 1. The fourth-order valence-electron chi connectivity index (χ4n) is 1.73. The number of nitro benzene ring substituents is 1. The van der Waals surface area contributed by atoms with Gasteiger partial charge in [-0.3, -0.25) is 14.9 Å². The lowest BCUT2D eigenvalue weighted by molar-refractivity contribution is -0.386. The first-order valence-electron chi connectivity index (χ1n) is 6.07. The number of aromatic nitrogens is 2. The third kappa shape index (κ3) is 3.27. The van der Waals surface area contributed by atoms with Crippen LogP contribution in [0.15, 0.2) is 36.3 Å². The van der Waals surface area contributed by atoms with E-state index in [1.165, 1.54) is 12.3 Å². The Kier molecular flexibility index (Phi) is 4.28. The normalized spacial score (nSPS) is 10.8. The molecule has 2 rings (SSSR count). The van der Waals surface area contributed by atoms with E-state index < -0.39 is 27.9 Å². The van der Waals surface area contributed by atoms with Gasteiger partial charge in [-0.1, -0.05) is 0 Å². The van der Waals surface area contributed by atoms with Gasteiger partial charge >= 0.3 is 5.69 Å². The number of Topliss-reactive ketones (excluding diaryl/α,β-unsaturated/α-hetero) is 1. The molecule has 0 aliphatic carbocycles. The quantitative estimate of drug-likeness (QED) is 0.216. The Balaban J connectivity index is 2.49. The lowest BCUT2D eigenvalue weighted by Crippen LogP contribution is -2.04. The molecule has 0 aliphatic rings. The van der Waals surface area contributed by atoms with Crippen LogP contribution in [0.2, 0.25) is 0 Å². The summed E-state index contributed by atoms with van der Waals surface area (Å²) in [5, 5.41) is 38.8. The van der Waals surface area contributed by atoms with Crippen LogP contribution in [0.1, 0.15) is 16.1 Å². The van der Waals surface area contributed by atoms with Gasteiger partial charge in [0, 0.05) is 12.3 Å². The number of nitro groups is 1. The Morgan fingerprint density at radius 1 is 1.39 bits per heavy atom. The van der Waals surface area contributed by atoms with Crippen molar-refractivity contribution >= 4 is 17.5 Å². The van der Waals surface area contributed by atoms with Crippen molar-refractivity contribution < 1.29 is 19.9 Å². The molecule has 0 amide bonds. The van der Waals surface area contributed by atoms with Crippen LogP contribution >= 0.6 is 0 Å². The molecule has 0 unspecified atom stereocenters. The van der Waals surface area contributed by atoms with E-state index in [-0.39, 0.29) is 16.8 Å². The average molecular weight is 312 g/mol. The molecule has 0 bridgehead atoms. The second kappa shape index (κ2) is 6.31. The highest BCUT2D eigenvalue weighted by atomic mass is 16.6. The molecule has 0 saturated heterocycles. The van der Waals surface area contributed by atoms with Gasteiger partial charge < -0.3 is 10.2 Å². The van der Waals surface area contributed by atoms with Crippen molar-refractivity contribution in [3.05, 3.63) is 57.7 Å². The van der Waals surface area contributed by atoms with Gasteiger partial charge in [-0.15, -0.1) is 0 Å². The maximum Gasteiger partial charge on any atom is 0.315 e. The Hall–Kier alpha value is -3.80. The minimum atomic E-state index is -0.898. The number of hydrogen-bond donors (Lipinski definition) is 2. The fraction of sp³-hybridized carbons (Fsp3) is 0. The Morgan fingerprint density at radius 3 is 2.70 bits per heavy atom.